The van der Waals surface area contributed by atoms with Crippen molar-refractivity contribution in [2.45, 2.75) is 13.3 Å². The maximum atomic E-state index is 11.8. The zero-order valence-electron chi connectivity index (χ0n) is 10.2. The molecule has 18 heavy (non-hydrogen) atoms. The van der Waals surface area contributed by atoms with Gasteiger partial charge in [-0.25, -0.2) is 4.98 Å². The number of carbonyl (C=O) groups is 1. The van der Waals surface area contributed by atoms with E-state index >= 15 is 0 Å². The van der Waals surface area contributed by atoms with E-state index in [0.717, 1.165) is 11.3 Å². The quantitative estimate of drug-likeness (QED) is 0.809. The molecule has 3 N–H and O–H groups in total. The Bertz CT molecular complexity index is 517. The van der Waals surface area contributed by atoms with Crippen molar-refractivity contribution in [3.05, 3.63) is 53.7 Å². The third-order valence-electron chi connectivity index (χ3n) is 2.47. The molecule has 1 aromatic carbocycles. The van der Waals surface area contributed by atoms with Gasteiger partial charge in [0.1, 0.15) is 5.82 Å². The second-order valence-electron chi connectivity index (χ2n) is 4.13. The highest BCUT2D eigenvalue weighted by molar-refractivity contribution is 5.91. The first kappa shape index (κ1) is 12.1. The fourth-order valence-corrected chi connectivity index (χ4v) is 1.69. The molecule has 0 saturated heterocycles. The largest absolute Gasteiger partial charge is 0.399 e. The summed E-state index contributed by atoms with van der Waals surface area (Å²) in [6, 6.07) is 12.8. The van der Waals surface area contributed by atoms with E-state index in [1.54, 1.807) is 18.2 Å². The normalized spacial score (nSPS) is 10.1. The van der Waals surface area contributed by atoms with E-state index in [1.807, 2.05) is 31.2 Å². The minimum atomic E-state index is -0.0984. The maximum absolute atomic E-state index is 11.8. The molecule has 0 aliphatic heterocycles. The average molecular weight is 241 g/mol. The van der Waals surface area contributed by atoms with Crippen LogP contribution in [0.15, 0.2) is 42.5 Å². The van der Waals surface area contributed by atoms with Crippen molar-refractivity contribution in [1.82, 2.24) is 4.98 Å². The molecule has 2 rings (SSSR count). The first-order valence-electron chi connectivity index (χ1n) is 5.71. The Hall–Kier alpha value is -2.36. The van der Waals surface area contributed by atoms with Gasteiger partial charge in [0.25, 0.3) is 0 Å². The van der Waals surface area contributed by atoms with Crippen LogP contribution in [0.1, 0.15) is 11.3 Å². The van der Waals surface area contributed by atoms with Gasteiger partial charge in [0.15, 0.2) is 0 Å². The van der Waals surface area contributed by atoms with Gasteiger partial charge in [0.05, 0.1) is 6.42 Å². The fraction of sp³-hybridized carbons (Fsp3) is 0.143. The third-order valence-corrected chi connectivity index (χ3v) is 2.47. The van der Waals surface area contributed by atoms with Crippen molar-refractivity contribution in [3.8, 4) is 0 Å². The van der Waals surface area contributed by atoms with Gasteiger partial charge in [-0.3, -0.25) is 4.79 Å². The number of pyridine rings is 1. The fourth-order valence-electron chi connectivity index (χ4n) is 1.69. The van der Waals surface area contributed by atoms with Crippen LogP contribution < -0.4 is 11.1 Å². The molecule has 4 heteroatoms. The van der Waals surface area contributed by atoms with Crippen molar-refractivity contribution in [3.63, 3.8) is 0 Å². The summed E-state index contributed by atoms with van der Waals surface area (Å²) in [4.78, 5) is 16.0. The third kappa shape index (κ3) is 3.31. The summed E-state index contributed by atoms with van der Waals surface area (Å²) in [5.41, 5.74) is 8.08. The number of anilines is 2. The molecule has 1 heterocycles. The van der Waals surface area contributed by atoms with Crippen molar-refractivity contribution < 1.29 is 4.79 Å². The van der Waals surface area contributed by atoms with Crippen LogP contribution in [0.25, 0.3) is 0 Å². The predicted molar refractivity (Wildman–Crippen MR) is 72.2 cm³/mol. The lowest BCUT2D eigenvalue weighted by molar-refractivity contribution is -0.115. The smallest absolute Gasteiger partial charge is 0.229 e. The molecule has 1 aromatic heterocycles. The minimum absolute atomic E-state index is 0.0984. The summed E-state index contributed by atoms with van der Waals surface area (Å²) in [6.07, 6.45) is 0.292. The summed E-state index contributed by atoms with van der Waals surface area (Å²) in [5, 5.41) is 2.76. The molecule has 0 aliphatic rings. The Morgan fingerprint density at radius 2 is 2.06 bits per heavy atom. The van der Waals surface area contributed by atoms with Crippen LogP contribution >= 0.6 is 0 Å². The Morgan fingerprint density at radius 1 is 1.28 bits per heavy atom. The first-order chi connectivity index (χ1) is 8.63. The number of nitrogens with zero attached hydrogens (tertiary/aromatic N) is 1. The predicted octanol–water partition coefficient (Wildman–Crippen LogP) is 2.15. The van der Waals surface area contributed by atoms with Crippen LogP contribution in [0.5, 0.6) is 0 Å². The molecule has 0 fully saturated rings. The minimum Gasteiger partial charge on any atom is -0.399 e. The number of nitrogens with one attached hydrogen (secondary N) is 1. The molecule has 4 nitrogen and oxygen atoms in total. The average Bonchev–Trinajstić information content (AvgIpc) is 2.28. The highest BCUT2D eigenvalue weighted by Crippen LogP contribution is 2.09. The number of nitrogens with two attached hydrogens (primary N) is 1. The summed E-state index contributed by atoms with van der Waals surface area (Å²) in [6.45, 7) is 1.88. The lowest BCUT2D eigenvalue weighted by Crippen LogP contribution is -2.15. The zero-order valence-corrected chi connectivity index (χ0v) is 10.2. The highest BCUT2D eigenvalue weighted by Gasteiger charge is 2.05. The second kappa shape index (κ2) is 5.31. The van der Waals surface area contributed by atoms with Crippen molar-refractivity contribution >= 4 is 17.4 Å². The van der Waals surface area contributed by atoms with Crippen LogP contribution in [0.4, 0.5) is 11.5 Å². The van der Waals surface area contributed by atoms with E-state index in [4.69, 9.17) is 5.73 Å². The van der Waals surface area contributed by atoms with E-state index in [2.05, 4.69) is 10.3 Å². The molecule has 2 aromatic rings. The molecule has 92 valence electrons. The number of hydrogen-bond acceptors (Lipinski definition) is 3. The van der Waals surface area contributed by atoms with Gasteiger partial charge in [-0.1, -0.05) is 18.2 Å². The Labute approximate surface area is 106 Å². The van der Waals surface area contributed by atoms with Crippen LogP contribution in [0.2, 0.25) is 0 Å². The van der Waals surface area contributed by atoms with E-state index < -0.39 is 0 Å². The number of aromatic nitrogens is 1. The number of benzene rings is 1. The van der Waals surface area contributed by atoms with Crippen LogP contribution in [0, 0.1) is 6.92 Å². The lowest BCUT2D eigenvalue weighted by atomic mass is 10.1. The molecular weight excluding hydrogens is 226 g/mol. The van der Waals surface area contributed by atoms with E-state index in [0.29, 0.717) is 17.9 Å². The molecule has 0 aliphatic carbocycles. The monoisotopic (exact) mass is 241 g/mol. The summed E-state index contributed by atoms with van der Waals surface area (Å²) in [7, 11) is 0. The SMILES string of the molecule is Cc1cccc(NC(=O)Cc2cccc(N)c2)n1. The first-order valence-corrected chi connectivity index (χ1v) is 5.71. The molecule has 0 saturated carbocycles. The number of amides is 1. The summed E-state index contributed by atoms with van der Waals surface area (Å²) < 4.78 is 0. The topological polar surface area (TPSA) is 68.0 Å². The summed E-state index contributed by atoms with van der Waals surface area (Å²) in [5.74, 6) is 0.475. The molecule has 0 unspecified atom stereocenters. The van der Waals surface area contributed by atoms with Gasteiger partial charge >= 0.3 is 0 Å². The van der Waals surface area contributed by atoms with E-state index in [-0.39, 0.29) is 5.91 Å². The van der Waals surface area contributed by atoms with Gasteiger partial charge in [0, 0.05) is 11.4 Å². The Balaban J connectivity index is 2.01. The molecular formula is C14H15N3O. The summed E-state index contributed by atoms with van der Waals surface area (Å²) >= 11 is 0. The Kier molecular flexibility index (Phi) is 3.57. The van der Waals surface area contributed by atoms with E-state index in [1.165, 1.54) is 0 Å². The molecule has 0 bridgehead atoms. The molecule has 0 atom stereocenters. The Morgan fingerprint density at radius 3 is 2.78 bits per heavy atom. The second-order valence-corrected chi connectivity index (χ2v) is 4.13. The molecule has 0 spiro atoms. The number of aryl methyl sites for hydroxylation is 1. The van der Waals surface area contributed by atoms with Crippen molar-refractivity contribution in [2.75, 3.05) is 11.1 Å². The van der Waals surface area contributed by atoms with Gasteiger partial charge < -0.3 is 11.1 Å². The maximum Gasteiger partial charge on any atom is 0.229 e. The molecule has 0 radical (unpaired) electrons. The van der Waals surface area contributed by atoms with Gasteiger partial charge in [-0.15, -0.1) is 0 Å². The van der Waals surface area contributed by atoms with Crippen molar-refractivity contribution in [2.24, 2.45) is 0 Å². The number of nitrogen functional groups attached to an aromatic ring is 1. The van der Waals surface area contributed by atoms with Gasteiger partial charge in [0.2, 0.25) is 5.91 Å². The van der Waals surface area contributed by atoms with Crippen LogP contribution in [-0.2, 0) is 11.2 Å². The van der Waals surface area contributed by atoms with Crippen molar-refractivity contribution in [1.29, 1.82) is 0 Å². The zero-order chi connectivity index (χ0) is 13.0. The van der Waals surface area contributed by atoms with Gasteiger partial charge in [-0.2, -0.15) is 0 Å². The molecule has 1 amide bonds. The number of carbonyl (C=O) groups excluding carboxylic acids is 1. The number of hydrogen-bond donors (Lipinski definition) is 2. The standard InChI is InChI=1S/C14H15N3O/c1-10-4-2-7-13(16-10)17-14(18)9-11-5-3-6-12(15)8-11/h2-8H,9,15H2,1H3,(H,16,17,18). The van der Waals surface area contributed by atoms with Gasteiger partial charge in [-0.05, 0) is 36.8 Å². The number of rotatable bonds is 3. The lowest BCUT2D eigenvalue weighted by Gasteiger charge is -2.05. The highest BCUT2D eigenvalue weighted by atomic mass is 16.1. The van der Waals surface area contributed by atoms with Crippen LogP contribution in [-0.4, -0.2) is 10.9 Å². The van der Waals surface area contributed by atoms with E-state index in [9.17, 15) is 4.79 Å². The van der Waals surface area contributed by atoms with Crippen LogP contribution in [0.3, 0.4) is 0 Å².